The summed E-state index contributed by atoms with van der Waals surface area (Å²) >= 11 is 5.93. The van der Waals surface area contributed by atoms with Crippen LogP contribution < -0.4 is 10.6 Å². The molecule has 4 heteroatoms. The van der Waals surface area contributed by atoms with Crippen LogP contribution in [0.1, 0.15) is 0 Å². The molecule has 0 atom stereocenters. The number of aromatic nitrogens is 1. The number of rotatable bonds is 4. The van der Waals surface area contributed by atoms with E-state index in [4.69, 9.17) is 11.6 Å². The first-order chi connectivity index (χ1) is 7.81. The summed E-state index contributed by atoms with van der Waals surface area (Å²) in [5.74, 6) is 0. The van der Waals surface area contributed by atoms with E-state index >= 15 is 0 Å². The number of fused-ring (bicyclic) bond motifs is 1. The fourth-order valence-electron chi connectivity index (χ4n) is 1.60. The highest BCUT2D eigenvalue weighted by atomic mass is 35.5. The molecule has 3 nitrogen and oxygen atoms in total. The second-order valence-corrected chi connectivity index (χ2v) is 3.99. The third-order valence-corrected chi connectivity index (χ3v) is 2.63. The van der Waals surface area contributed by atoms with Gasteiger partial charge in [0.2, 0.25) is 0 Å². The molecule has 2 N–H and O–H groups in total. The zero-order valence-corrected chi connectivity index (χ0v) is 9.88. The van der Waals surface area contributed by atoms with Crippen LogP contribution in [-0.2, 0) is 0 Å². The van der Waals surface area contributed by atoms with E-state index in [1.54, 1.807) is 6.20 Å². The standard InChI is InChI=1S/C12H14ClN3/c1-14-6-7-16-11-4-5-15-12-8-9(13)2-3-10(11)12/h2-5,8,14H,6-7H2,1H3,(H,15,16). The highest BCUT2D eigenvalue weighted by molar-refractivity contribution is 6.31. The molecular formula is C12H14ClN3. The van der Waals surface area contributed by atoms with Crippen molar-refractivity contribution >= 4 is 28.2 Å². The maximum absolute atomic E-state index is 5.93. The van der Waals surface area contributed by atoms with Gasteiger partial charge in [0.25, 0.3) is 0 Å². The number of benzene rings is 1. The Kier molecular flexibility index (Phi) is 3.59. The quantitative estimate of drug-likeness (QED) is 0.800. The summed E-state index contributed by atoms with van der Waals surface area (Å²) < 4.78 is 0. The maximum atomic E-state index is 5.93. The van der Waals surface area contributed by atoms with Gasteiger partial charge >= 0.3 is 0 Å². The summed E-state index contributed by atoms with van der Waals surface area (Å²) in [6, 6.07) is 7.73. The van der Waals surface area contributed by atoms with Gasteiger partial charge in [-0.15, -0.1) is 0 Å². The van der Waals surface area contributed by atoms with E-state index in [1.807, 2.05) is 31.3 Å². The van der Waals surface area contributed by atoms with Crippen molar-refractivity contribution in [1.29, 1.82) is 0 Å². The lowest BCUT2D eigenvalue weighted by Crippen LogP contribution is -2.17. The average molecular weight is 236 g/mol. The predicted octanol–water partition coefficient (Wildman–Crippen LogP) is 2.52. The Labute approximate surface area is 99.8 Å². The Morgan fingerprint density at radius 2 is 2.12 bits per heavy atom. The van der Waals surface area contributed by atoms with E-state index in [-0.39, 0.29) is 0 Å². The molecule has 0 aliphatic carbocycles. The van der Waals surface area contributed by atoms with Crippen molar-refractivity contribution in [2.45, 2.75) is 0 Å². The number of hydrogen-bond acceptors (Lipinski definition) is 3. The van der Waals surface area contributed by atoms with Gasteiger partial charge in [0.05, 0.1) is 5.52 Å². The van der Waals surface area contributed by atoms with Gasteiger partial charge in [-0.25, -0.2) is 0 Å². The maximum Gasteiger partial charge on any atom is 0.0737 e. The second-order valence-electron chi connectivity index (χ2n) is 3.55. The predicted molar refractivity (Wildman–Crippen MR) is 69.2 cm³/mol. The summed E-state index contributed by atoms with van der Waals surface area (Å²) in [5, 5.41) is 8.27. The normalized spacial score (nSPS) is 10.6. The number of nitrogens with zero attached hydrogens (tertiary/aromatic N) is 1. The molecule has 2 aromatic rings. The van der Waals surface area contributed by atoms with E-state index in [0.717, 1.165) is 29.7 Å². The molecule has 0 fully saturated rings. The molecule has 0 unspecified atom stereocenters. The molecule has 1 aromatic heterocycles. The smallest absolute Gasteiger partial charge is 0.0737 e. The zero-order valence-electron chi connectivity index (χ0n) is 9.13. The Hall–Kier alpha value is -1.32. The van der Waals surface area contributed by atoms with Gasteiger partial charge in [-0.3, -0.25) is 4.98 Å². The van der Waals surface area contributed by atoms with Crippen LogP contribution in [0.3, 0.4) is 0 Å². The number of hydrogen-bond donors (Lipinski definition) is 2. The monoisotopic (exact) mass is 235 g/mol. The highest BCUT2D eigenvalue weighted by Gasteiger charge is 2.01. The molecule has 84 valence electrons. The van der Waals surface area contributed by atoms with E-state index in [2.05, 4.69) is 15.6 Å². The minimum atomic E-state index is 0.715. The molecule has 0 aliphatic rings. The Morgan fingerprint density at radius 1 is 1.25 bits per heavy atom. The first-order valence-electron chi connectivity index (χ1n) is 5.24. The van der Waals surface area contributed by atoms with Crippen LogP contribution >= 0.6 is 11.6 Å². The van der Waals surface area contributed by atoms with E-state index < -0.39 is 0 Å². The molecule has 0 radical (unpaired) electrons. The van der Waals surface area contributed by atoms with Gasteiger partial charge in [0, 0.05) is 35.4 Å². The van der Waals surface area contributed by atoms with Gasteiger partial charge in [-0.1, -0.05) is 11.6 Å². The van der Waals surface area contributed by atoms with Crippen LogP contribution in [-0.4, -0.2) is 25.1 Å². The molecule has 1 aromatic carbocycles. The fourth-order valence-corrected chi connectivity index (χ4v) is 1.76. The summed E-state index contributed by atoms with van der Waals surface area (Å²) in [7, 11) is 1.94. The lowest BCUT2D eigenvalue weighted by Gasteiger charge is -2.09. The molecule has 1 heterocycles. The van der Waals surface area contributed by atoms with Crippen molar-refractivity contribution in [1.82, 2.24) is 10.3 Å². The van der Waals surface area contributed by atoms with Gasteiger partial charge in [0.15, 0.2) is 0 Å². The van der Waals surface area contributed by atoms with Crippen LogP contribution in [0.5, 0.6) is 0 Å². The van der Waals surface area contributed by atoms with Gasteiger partial charge in [-0.05, 0) is 31.3 Å². The molecule has 0 saturated heterocycles. The fraction of sp³-hybridized carbons (Fsp3) is 0.250. The Bertz CT molecular complexity index is 485. The van der Waals surface area contributed by atoms with E-state index in [1.165, 1.54) is 0 Å². The van der Waals surface area contributed by atoms with Crippen LogP contribution in [0, 0.1) is 0 Å². The van der Waals surface area contributed by atoms with Crippen molar-refractivity contribution in [3.63, 3.8) is 0 Å². The first kappa shape index (κ1) is 11.2. The Morgan fingerprint density at radius 3 is 2.94 bits per heavy atom. The largest absolute Gasteiger partial charge is 0.383 e. The van der Waals surface area contributed by atoms with E-state index in [0.29, 0.717) is 5.02 Å². The number of pyridine rings is 1. The molecule has 0 bridgehead atoms. The minimum Gasteiger partial charge on any atom is -0.383 e. The summed E-state index contributed by atoms with van der Waals surface area (Å²) in [6.45, 7) is 1.82. The topological polar surface area (TPSA) is 37.0 Å². The third kappa shape index (κ3) is 2.43. The lowest BCUT2D eigenvalue weighted by atomic mass is 10.2. The summed E-state index contributed by atoms with van der Waals surface area (Å²) in [6.07, 6.45) is 1.79. The van der Waals surface area contributed by atoms with Crippen LogP contribution in [0.4, 0.5) is 5.69 Å². The van der Waals surface area contributed by atoms with Gasteiger partial charge < -0.3 is 10.6 Å². The van der Waals surface area contributed by atoms with Crippen LogP contribution in [0.15, 0.2) is 30.5 Å². The van der Waals surface area contributed by atoms with Crippen molar-refractivity contribution in [2.24, 2.45) is 0 Å². The summed E-state index contributed by atoms with van der Waals surface area (Å²) in [4.78, 5) is 4.29. The van der Waals surface area contributed by atoms with Crippen molar-refractivity contribution in [3.05, 3.63) is 35.5 Å². The van der Waals surface area contributed by atoms with Gasteiger partial charge in [-0.2, -0.15) is 0 Å². The lowest BCUT2D eigenvalue weighted by molar-refractivity contribution is 0.824. The average Bonchev–Trinajstić information content (AvgIpc) is 2.29. The number of nitrogens with one attached hydrogen (secondary N) is 2. The van der Waals surface area contributed by atoms with Crippen LogP contribution in [0.2, 0.25) is 5.02 Å². The van der Waals surface area contributed by atoms with Crippen LogP contribution in [0.25, 0.3) is 10.9 Å². The van der Waals surface area contributed by atoms with Crippen molar-refractivity contribution in [3.8, 4) is 0 Å². The van der Waals surface area contributed by atoms with Crippen molar-refractivity contribution < 1.29 is 0 Å². The molecule has 0 saturated carbocycles. The number of halogens is 1. The molecule has 0 amide bonds. The SMILES string of the molecule is CNCCNc1ccnc2cc(Cl)ccc12. The third-order valence-electron chi connectivity index (χ3n) is 2.40. The number of likely N-dealkylation sites (N-methyl/N-ethyl adjacent to an activating group) is 1. The zero-order chi connectivity index (χ0) is 11.4. The van der Waals surface area contributed by atoms with Gasteiger partial charge in [0.1, 0.15) is 0 Å². The molecule has 16 heavy (non-hydrogen) atoms. The van der Waals surface area contributed by atoms with E-state index in [9.17, 15) is 0 Å². The molecular weight excluding hydrogens is 222 g/mol. The molecule has 0 aliphatic heterocycles. The molecule has 2 rings (SSSR count). The summed E-state index contributed by atoms with van der Waals surface area (Å²) in [5.41, 5.74) is 2.01. The number of anilines is 1. The first-order valence-corrected chi connectivity index (χ1v) is 5.62. The second kappa shape index (κ2) is 5.14. The van der Waals surface area contributed by atoms with Crippen molar-refractivity contribution in [2.75, 3.05) is 25.5 Å². The molecule has 0 spiro atoms. The Balaban J connectivity index is 2.30. The minimum absolute atomic E-state index is 0.715. The highest BCUT2D eigenvalue weighted by Crippen LogP contribution is 2.23.